The summed E-state index contributed by atoms with van der Waals surface area (Å²) < 4.78 is 11.3. The third-order valence-electron chi connectivity index (χ3n) is 3.03. The monoisotopic (exact) mass is 312 g/mol. The molecule has 108 valence electrons. The molecule has 4 nitrogen and oxygen atoms in total. The number of methoxy groups -OCH3 is 2. The van der Waals surface area contributed by atoms with Gasteiger partial charge in [-0.3, -0.25) is 11.3 Å². The van der Waals surface area contributed by atoms with Gasteiger partial charge in [0.05, 0.1) is 24.6 Å². The van der Waals surface area contributed by atoms with E-state index >= 15 is 0 Å². The van der Waals surface area contributed by atoms with Gasteiger partial charge < -0.3 is 9.47 Å². The molecule has 3 N–H and O–H groups in total. The van der Waals surface area contributed by atoms with Gasteiger partial charge in [0.25, 0.3) is 0 Å². The molecule has 20 heavy (non-hydrogen) atoms. The Labute approximate surface area is 127 Å². The van der Waals surface area contributed by atoms with E-state index in [0.29, 0.717) is 11.5 Å². The Morgan fingerprint density at radius 3 is 2.50 bits per heavy atom. The summed E-state index contributed by atoms with van der Waals surface area (Å²) in [6, 6.07) is 9.73. The average Bonchev–Trinajstić information content (AvgIpc) is 2.90. The van der Waals surface area contributed by atoms with Crippen molar-refractivity contribution in [2.24, 2.45) is 5.84 Å². The van der Waals surface area contributed by atoms with Crippen LogP contribution in [0.15, 0.2) is 30.3 Å². The van der Waals surface area contributed by atoms with Gasteiger partial charge in [-0.2, -0.15) is 0 Å². The molecular weight excluding hydrogens is 296 g/mol. The highest BCUT2D eigenvalue weighted by Gasteiger charge is 2.14. The molecule has 0 amide bonds. The first-order valence-corrected chi connectivity index (χ1v) is 7.29. The molecular formula is C14H17ClN2O2S. The van der Waals surface area contributed by atoms with Crippen LogP contribution in [-0.2, 0) is 6.42 Å². The molecule has 0 saturated carbocycles. The Bertz CT molecular complexity index is 574. The maximum absolute atomic E-state index is 5.97. The predicted molar refractivity (Wildman–Crippen MR) is 82.6 cm³/mol. The van der Waals surface area contributed by atoms with Gasteiger partial charge in [0.2, 0.25) is 0 Å². The van der Waals surface area contributed by atoms with Gasteiger partial charge in [0, 0.05) is 4.88 Å². The second-order valence-electron chi connectivity index (χ2n) is 4.25. The summed E-state index contributed by atoms with van der Waals surface area (Å²) in [5.74, 6) is 7.07. The molecule has 0 aliphatic heterocycles. The first-order chi connectivity index (χ1) is 9.67. The van der Waals surface area contributed by atoms with Crippen molar-refractivity contribution in [1.29, 1.82) is 0 Å². The molecule has 6 heteroatoms. The second-order valence-corrected chi connectivity index (χ2v) is 6.00. The molecule has 1 aromatic carbocycles. The largest absolute Gasteiger partial charge is 0.493 e. The van der Waals surface area contributed by atoms with Gasteiger partial charge in [0.15, 0.2) is 11.5 Å². The fourth-order valence-electron chi connectivity index (χ4n) is 2.00. The quantitative estimate of drug-likeness (QED) is 0.635. The third kappa shape index (κ3) is 3.43. The van der Waals surface area contributed by atoms with Gasteiger partial charge in [-0.05, 0) is 36.2 Å². The number of rotatable bonds is 6. The van der Waals surface area contributed by atoms with Crippen LogP contribution < -0.4 is 20.7 Å². The fourth-order valence-corrected chi connectivity index (χ4v) is 3.12. The van der Waals surface area contributed by atoms with Crippen LogP contribution in [0.2, 0.25) is 4.34 Å². The van der Waals surface area contributed by atoms with E-state index in [1.807, 2.05) is 30.3 Å². The summed E-state index contributed by atoms with van der Waals surface area (Å²) in [6.45, 7) is 0. The maximum Gasteiger partial charge on any atom is 0.160 e. The highest BCUT2D eigenvalue weighted by Crippen LogP contribution is 2.32. The van der Waals surface area contributed by atoms with Crippen molar-refractivity contribution in [2.75, 3.05) is 14.2 Å². The van der Waals surface area contributed by atoms with Crippen LogP contribution in [0.4, 0.5) is 0 Å². The molecule has 0 spiro atoms. The zero-order valence-electron chi connectivity index (χ0n) is 11.4. The number of nitrogens with two attached hydrogens (primary N) is 1. The van der Waals surface area contributed by atoms with Crippen molar-refractivity contribution in [3.63, 3.8) is 0 Å². The smallest absolute Gasteiger partial charge is 0.160 e. The number of hydrogen-bond acceptors (Lipinski definition) is 5. The van der Waals surface area contributed by atoms with E-state index in [9.17, 15) is 0 Å². The van der Waals surface area contributed by atoms with Crippen LogP contribution >= 0.6 is 22.9 Å². The van der Waals surface area contributed by atoms with Crippen molar-refractivity contribution >= 4 is 22.9 Å². The van der Waals surface area contributed by atoms with Crippen molar-refractivity contribution in [2.45, 2.75) is 12.5 Å². The highest BCUT2D eigenvalue weighted by molar-refractivity contribution is 7.16. The Morgan fingerprint density at radius 1 is 1.20 bits per heavy atom. The van der Waals surface area contributed by atoms with Crippen LogP contribution in [0.3, 0.4) is 0 Å². The van der Waals surface area contributed by atoms with Gasteiger partial charge in [-0.25, -0.2) is 0 Å². The van der Waals surface area contributed by atoms with E-state index in [4.69, 9.17) is 26.9 Å². The number of ether oxygens (including phenoxy) is 2. The molecule has 1 heterocycles. The number of nitrogens with one attached hydrogen (secondary N) is 1. The molecule has 1 atom stereocenters. The van der Waals surface area contributed by atoms with Gasteiger partial charge in [-0.15, -0.1) is 11.3 Å². The number of thiophene rings is 1. The Hall–Kier alpha value is -1.27. The zero-order valence-corrected chi connectivity index (χ0v) is 12.9. The molecule has 0 aliphatic rings. The van der Waals surface area contributed by atoms with Crippen molar-refractivity contribution < 1.29 is 9.47 Å². The summed E-state index contributed by atoms with van der Waals surface area (Å²) in [5.41, 5.74) is 3.93. The summed E-state index contributed by atoms with van der Waals surface area (Å²) in [4.78, 5) is 1.10. The SMILES string of the molecule is COc1ccc(CC(NN)c2ccc(Cl)s2)cc1OC. The summed E-state index contributed by atoms with van der Waals surface area (Å²) in [7, 11) is 3.24. The molecule has 0 aliphatic carbocycles. The minimum Gasteiger partial charge on any atom is -0.493 e. The predicted octanol–water partition coefficient (Wildman–Crippen LogP) is 3.17. The third-order valence-corrected chi connectivity index (χ3v) is 4.37. The van der Waals surface area contributed by atoms with E-state index in [2.05, 4.69) is 5.43 Å². The van der Waals surface area contributed by atoms with E-state index in [-0.39, 0.29) is 6.04 Å². The molecule has 1 unspecified atom stereocenters. The van der Waals surface area contributed by atoms with Crippen LogP contribution in [0.25, 0.3) is 0 Å². The first-order valence-electron chi connectivity index (χ1n) is 6.10. The number of hydrogen-bond donors (Lipinski definition) is 2. The fraction of sp³-hybridized carbons (Fsp3) is 0.286. The van der Waals surface area contributed by atoms with Crippen LogP contribution in [-0.4, -0.2) is 14.2 Å². The number of benzene rings is 1. The summed E-state index contributed by atoms with van der Waals surface area (Å²) in [5, 5.41) is 0. The second kappa shape index (κ2) is 6.95. The summed E-state index contributed by atoms with van der Waals surface area (Å²) >= 11 is 7.49. The number of halogens is 1. The molecule has 0 saturated heterocycles. The summed E-state index contributed by atoms with van der Waals surface area (Å²) in [6.07, 6.45) is 0.744. The van der Waals surface area contributed by atoms with Crippen LogP contribution in [0, 0.1) is 0 Å². The van der Waals surface area contributed by atoms with Crippen molar-refractivity contribution in [3.05, 3.63) is 45.1 Å². The van der Waals surface area contributed by atoms with E-state index < -0.39 is 0 Å². The highest BCUT2D eigenvalue weighted by atomic mass is 35.5. The minimum absolute atomic E-state index is 0.0191. The van der Waals surface area contributed by atoms with Crippen molar-refractivity contribution in [3.8, 4) is 11.5 Å². The molecule has 2 aromatic rings. The van der Waals surface area contributed by atoms with E-state index in [1.165, 1.54) is 11.3 Å². The molecule has 0 radical (unpaired) electrons. The van der Waals surface area contributed by atoms with Gasteiger partial charge in [-0.1, -0.05) is 17.7 Å². The van der Waals surface area contributed by atoms with Gasteiger partial charge >= 0.3 is 0 Å². The van der Waals surface area contributed by atoms with Crippen LogP contribution in [0.1, 0.15) is 16.5 Å². The molecule has 1 aromatic heterocycles. The van der Waals surface area contributed by atoms with Crippen LogP contribution in [0.5, 0.6) is 11.5 Å². The number of hydrazine groups is 1. The molecule has 2 rings (SSSR count). The van der Waals surface area contributed by atoms with Gasteiger partial charge in [0.1, 0.15) is 0 Å². The Morgan fingerprint density at radius 2 is 1.95 bits per heavy atom. The maximum atomic E-state index is 5.97. The standard InChI is InChI=1S/C14H17ClN2O2S/c1-18-11-4-3-9(8-12(11)19-2)7-10(17-16)13-5-6-14(15)20-13/h3-6,8,10,17H,7,16H2,1-2H3. The first kappa shape index (κ1) is 15.1. The average molecular weight is 313 g/mol. The zero-order chi connectivity index (χ0) is 14.5. The van der Waals surface area contributed by atoms with E-state index in [0.717, 1.165) is 21.2 Å². The lowest BCUT2D eigenvalue weighted by Crippen LogP contribution is -2.28. The molecule has 0 bridgehead atoms. The molecule has 0 fully saturated rings. The lowest BCUT2D eigenvalue weighted by Gasteiger charge is -2.15. The lowest BCUT2D eigenvalue weighted by molar-refractivity contribution is 0.354. The Balaban J connectivity index is 2.19. The minimum atomic E-state index is 0.0191. The van der Waals surface area contributed by atoms with Crippen molar-refractivity contribution in [1.82, 2.24) is 5.43 Å². The Kier molecular flexibility index (Phi) is 5.25. The lowest BCUT2D eigenvalue weighted by atomic mass is 10.0. The topological polar surface area (TPSA) is 56.5 Å². The van der Waals surface area contributed by atoms with E-state index in [1.54, 1.807) is 14.2 Å². The normalized spacial score (nSPS) is 12.2.